The summed E-state index contributed by atoms with van der Waals surface area (Å²) in [7, 11) is 0. The summed E-state index contributed by atoms with van der Waals surface area (Å²) in [4.78, 5) is 16.5. The molecule has 4 rings (SSSR count). The lowest BCUT2D eigenvalue weighted by Gasteiger charge is -2.10. The van der Waals surface area contributed by atoms with E-state index in [2.05, 4.69) is 25.8 Å². The van der Waals surface area contributed by atoms with E-state index in [4.69, 9.17) is 11.0 Å². The molecule has 0 aliphatic heterocycles. The van der Waals surface area contributed by atoms with Crippen LogP contribution in [0.4, 0.5) is 26.5 Å². The van der Waals surface area contributed by atoms with Crippen molar-refractivity contribution in [1.82, 2.24) is 15.2 Å². The summed E-state index contributed by atoms with van der Waals surface area (Å²) in [5.74, 6) is -0.122. The third-order valence-electron chi connectivity index (χ3n) is 4.52. The molecule has 0 spiro atoms. The van der Waals surface area contributed by atoms with Gasteiger partial charge in [-0.3, -0.25) is 10.4 Å². The number of aromatic amines is 1. The number of nitrogen functional groups attached to an aromatic ring is 1. The third kappa shape index (κ3) is 3.49. The van der Waals surface area contributed by atoms with Gasteiger partial charge in [0.2, 0.25) is 0 Å². The third-order valence-corrected chi connectivity index (χ3v) is 4.52. The average molecular weight is 401 g/mol. The molecule has 0 aliphatic carbocycles. The lowest BCUT2D eigenvalue weighted by molar-refractivity contribution is 0.262. The minimum Gasteiger partial charge on any atom is -0.382 e. The van der Waals surface area contributed by atoms with Crippen molar-refractivity contribution in [3.8, 4) is 17.2 Å². The Labute approximate surface area is 170 Å². The molecule has 5 N–H and O–H groups in total. The Balaban J connectivity index is 1.53. The number of anilines is 3. The Morgan fingerprint density at radius 3 is 2.80 bits per heavy atom. The number of rotatable bonds is 3. The van der Waals surface area contributed by atoms with Crippen molar-refractivity contribution in [3.63, 3.8) is 0 Å². The first kappa shape index (κ1) is 18.9. The molecule has 8 nitrogen and oxygen atoms in total. The first-order valence-corrected chi connectivity index (χ1v) is 8.93. The second kappa shape index (κ2) is 7.52. The molecule has 9 heteroatoms. The Morgan fingerprint density at radius 2 is 2.07 bits per heavy atom. The fraction of sp³-hybridized carbons (Fsp3) is 0.0476. The molecular weight excluding hydrogens is 385 g/mol. The van der Waals surface area contributed by atoms with Crippen LogP contribution in [0.5, 0.6) is 0 Å². The van der Waals surface area contributed by atoms with Crippen LogP contribution in [0.3, 0.4) is 0 Å². The van der Waals surface area contributed by atoms with E-state index in [1.54, 1.807) is 31.3 Å². The number of hydrogen-bond donors (Lipinski definition) is 4. The van der Waals surface area contributed by atoms with Crippen LogP contribution in [-0.2, 0) is 0 Å². The maximum Gasteiger partial charge on any atom is 0.324 e. The van der Waals surface area contributed by atoms with E-state index in [-0.39, 0.29) is 17.1 Å². The molecule has 0 bridgehead atoms. The quantitative estimate of drug-likeness (QED) is 0.409. The largest absolute Gasteiger partial charge is 0.382 e. The second-order valence-corrected chi connectivity index (χ2v) is 6.63. The van der Waals surface area contributed by atoms with Crippen molar-refractivity contribution >= 4 is 34.3 Å². The van der Waals surface area contributed by atoms with Gasteiger partial charge in [0.1, 0.15) is 11.9 Å². The zero-order valence-electron chi connectivity index (χ0n) is 15.8. The first-order valence-electron chi connectivity index (χ1n) is 8.93. The van der Waals surface area contributed by atoms with Crippen LogP contribution >= 0.6 is 0 Å². The van der Waals surface area contributed by atoms with Crippen LogP contribution in [-0.4, -0.2) is 21.2 Å². The van der Waals surface area contributed by atoms with Crippen molar-refractivity contribution in [2.24, 2.45) is 0 Å². The molecule has 0 radical (unpaired) electrons. The molecule has 4 aromatic rings. The number of pyridine rings is 1. The molecule has 2 heterocycles. The Kier molecular flexibility index (Phi) is 4.74. The number of aryl methyl sites for hydroxylation is 1. The first-order chi connectivity index (χ1) is 14.5. The summed E-state index contributed by atoms with van der Waals surface area (Å²) >= 11 is 0. The van der Waals surface area contributed by atoms with Crippen molar-refractivity contribution in [2.75, 3.05) is 16.4 Å². The Hall–Kier alpha value is -4.45. The number of nitrogens with zero attached hydrogens (tertiary/aromatic N) is 3. The zero-order chi connectivity index (χ0) is 21.3. The summed E-state index contributed by atoms with van der Waals surface area (Å²) in [5, 5.41) is 21.6. The van der Waals surface area contributed by atoms with Gasteiger partial charge in [-0.25, -0.2) is 14.2 Å². The maximum absolute atomic E-state index is 14.2. The smallest absolute Gasteiger partial charge is 0.324 e. The lowest BCUT2D eigenvalue weighted by atomic mass is 10.0. The van der Waals surface area contributed by atoms with Crippen LogP contribution in [0, 0.1) is 24.1 Å². The van der Waals surface area contributed by atoms with Gasteiger partial charge in [0.15, 0.2) is 11.6 Å². The van der Waals surface area contributed by atoms with Gasteiger partial charge in [-0.2, -0.15) is 10.4 Å². The molecule has 2 aromatic carbocycles. The van der Waals surface area contributed by atoms with E-state index < -0.39 is 11.8 Å². The van der Waals surface area contributed by atoms with Crippen LogP contribution in [0.25, 0.3) is 22.0 Å². The number of fused-ring (bicyclic) bond motifs is 1. The molecule has 30 heavy (non-hydrogen) atoms. The number of halogens is 1. The minimum absolute atomic E-state index is 0.0808. The SMILES string of the molecule is Cc1cc(C#N)c(F)c(NC(=O)Nc2ccc(-c3cccc4[nH]nc(N)c34)cn2)c1. The van der Waals surface area contributed by atoms with Gasteiger partial charge in [-0.15, -0.1) is 0 Å². The number of nitriles is 1. The molecule has 0 saturated carbocycles. The van der Waals surface area contributed by atoms with Gasteiger partial charge < -0.3 is 11.1 Å². The van der Waals surface area contributed by atoms with Gasteiger partial charge in [-0.05, 0) is 48.4 Å². The molecule has 0 aliphatic rings. The van der Waals surface area contributed by atoms with E-state index >= 15 is 0 Å². The summed E-state index contributed by atoms with van der Waals surface area (Å²) in [6.45, 7) is 1.71. The molecule has 0 fully saturated rings. The van der Waals surface area contributed by atoms with Gasteiger partial charge in [0.25, 0.3) is 0 Å². The molecule has 0 unspecified atom stereocenters. The highest BCUT2D eigenvalue weighted by molar-refractivity contribution is 6.02. The fourth-order valence-electron chi connectivity index (χ4n) is 3.18. The number of carbonyl (C=O) groups is 1. The molecular formula is C21H16FN7O. The standard InChI is InChI=1S/C21H16FN7O/c1-11-7-13(9-23)19(22)16(8-11)26-21(30)27-17-6-5-12(10-25-17)14-3-2-4-15-18(14)20(24)29-28-15/h2-8,10H,1H3,(H3,24,28,29)(H2,25,26,27,30). The maximum atomic E-state index is 14.2. The van der Waals surface area contributed by atoms with Gasteiger partial charge >= 0.3 is 6.03 Å². The molecule has 0 atom stereocenters. The summed E-state index contributed by atoms with van der Waals surface area (Å²) in [6, 6.07) is 13.0. The highest BCUT2D eigenvalue weighted by atomic mass is 19.1. The van der Waals surface area contributed by atoms with Crippen LogP contribution in [0.15, 0.2) is 48.7 Å². The van der Waals surface area contributed by atoms with Gasteiger partial charge in [0, 0.05) is 11.8 Å². The molecule has 2 amide bonds. The van der Waals surface area contributed by atoms with Crippen LogP contribution < -0.4 is 16.4 Å². The number of benzene rings is 2. The molecule has 0 saturated heterocycles. The van der Waals surface area contributed by atoms with Crippen molar-refractivity contribution in [3.05, 3.63) is 65.6 Å². The van der Waals surface area contributed by atoms with Crippen molar-refractivity contribution in [2.45, 2.75) is 6.92 Å². The minimum atomic E-state index is -0.785. The van der Waals surface area contributed by atoms with E-state index in [0.29, 0.717) is 11.4 Å². The number of carbonyl (C=O) groups excluding carboxylic acids is 1. The number of H-pyrrole nitrogens is 1. The summed E-state index contributed by atoms with van der Waals surface area (Å²) in [6.07, 6.45) is 1.60. The van der Waals surface area contributed by atoms with Gasteiger partial charge in [-0.1, -0.05) is 12.1 Å². The molecule has 2 aromatic heterocycles. The van der Waals surface area contributed by atoms with E-state index in [1.807, 2.05) is 18.2 Å². The van der Waals surface area contributed by atoms with E-state index in [9.17, 15) is 9.18 Å². The number of nitrogens with one attached hydrogen (secondary N) is 3. The topological polar surface area (TPSA) is 133 Å². The predicted octanol–water partition coefficient (Wildman–Crippen LogP) is 4.17. The van der Waals surface area contributed by atoms with Crippen molar-refractivity contribution < 1.29 is 9.18 Å². The number of nitrogens with two attached hydrogens (primary N) is 1. The lowest BCUT2D eigenvalue weighted by Crippen LogP contribution is -2.21. The monoisotopic (exact) mass is 401 g/mol. The molecule has 148 valence electrons. The number of urea groups is 1. The summed E-state index contributed by atoms with van der Waals surface area (Å²) in [5.41, 5.74) is 8.84. The van der Waals surface area contributed by atoms with Crippen LogP contribution in [0.2, 0.25) is 0 Å². The van der Waals surface area contributed by atoms with E-state index in [1.165, 1.54) is 12.1 Å². The van der Waals surface area contributed by atoms with Crippen molar-refractivity contribution in [1.29, 1.82) is 5.26 Å². The predicted molar refractivity (Wildman–Crippen MR) is 112 cm³/mol. The Bertz CT molecular complexity index is 1310. The highest BCUT2D eigenvalue weighted by Crippen LogP contribution is 2.31. The highest BCUT2D eigenvalue weighted by Gasteiger charge is 2.13. The van der Waals surface area contributed by atoms with Gasteiger partial charge in [0.05, 0.1) is 22.2 Å². The zero-order valence-corrected chi connectivity index (χ0v) is 15.8. The number of hydrogen-bond acceptors (Lipinski definition) is 5. The fourth-order valence-corrected chi connectivity index (χ4v) is 3.18. The van der Waals surface area contributed by atoms with Crippen LogP contribution in [0.1, 0.15) is 11.1 Å². The number of amides is 2. The number of aromatic nitrogens is 3. The Morgan fingerprint density at radius 1 is 1.23 bits per heavy atom. The van der Waals surface area contributed by atoms with E-state index in [0.717, 1.165) is 22.0 Å². The summed E-state index contributed by atoms with van der Waals surface area (Å²) < 4.78 is 14.2. The second-order valence-electron chi connectivity index (χ2n) is 6.63. The average Bonchev–Trinajstić information content (AvgIpc) is 3.12. The normalized spacial score (nSPS) is 10.6.